The van der Waals surface area contributed by atoms with Crippen LogP contribution >= 0.6 is 0 Å². The number of aromatic nitrogens is 3. The highest BCUT2D eigenvalue weighted by Gasteiger charge is 2.19. The summed E-state index contributed by atoms with van der Waals surface area (Å²) in [5.41, 5.74) is 0.446. The predicted octanol–water partition coefficient (Wildman–Crippen LogP) is 3.47. The first-order chi connectivity index (χ1) is 12.5. The largest absolute Gasteiger partial charge is 0.287 e. The molecule has 3 rings (SSSR count). The van der Waals surface area contributed by atoms with Crippen molar-refractivity contribution in [2.45, 2.75) is 6.92 Å². The lowest BCUT2D eigenvalue weighted by atomic mass is 10.3. The molecule has 3 aromatic heterocycles. The lowest BCUT2D eigenvalue weighted by Gasteiger charge is -2.21. The van der Waals surface area contributed by atoms with Gasteiger partial charge in [-0.25, -0.2) is 15.0 Å². The second-order valence-corrected chi connectivity index (χ2v) is 5.24. The second kappa shape index (κ2) is 6.89. The van der Waals surface area contributed by atoms with Gasteiger partial charge in [0.2, 0.25) is 0 Å². The molecule has 26 heavy (non-hydrogen) atoms. The topological polar surface area (TPSA) is 128 Å². The summed E-state index contributed by atoms with van der Waals surface area (Å²) in [6, 6.07) is 10.9. The van der Waals surface area contributed by atoms with Crippen LogP contribution in [0.15, 0.2) is 54.9 Å². The van der Waals surface area contributed by atoms with Crippen LogP contribution in [0.5, 0.6) is 0 Å². The molecule has 0 aliphatic rings. The zero-order valence-electron chi connectivity index (χ0n) is 13.5. The molecule has 130 valence electrons. The van der Waals surface area contributed by atoms with Crippen molar-refractivity contribution in [3.8, 4) is 0 Å². The number of hydrogen-bond acceptors (Lipinski definition) is 8. The number of anilines is 3. The van der Waals surface area contributed by atoms with Crippen LogP contribution in [-0.2, 0) is 0 Å². The van der Waals surface area contributed by atoms with Gasteiger partial charge in [-0.2, -0.15) is 0 Å². The fraction of sp³-hybridized carbons (Fsp3) is 0.0625. The fourth-order valence-corrected chi connectivity index (χ4v) is 2.24. The normalized spacial score (nSPS) is 10.3. The third kappa shape index (κ3) is 3.43. The minimum absolute atomic E-state index is 0.150. The van der Waals surface area contributed by atoms with Crippen molar-refractivity contribution in [2.24, 2.45) is 0 Å². The molecule has 0 saturated heterocycles. The Kier molecular flexibility index (Phi) is 4.48. The molecule has 0 unspecified atom stereocenters. The van der Waals surface area contributed by atoms with E-state index in [2.05, 4.69) is 15.0 Å². The van der Waals surface area contributed by atoms with E-state index in [0.717, 1.165) is 18.1 Å². The molecule has 3 heterocycles. The highest BCUT2D eigenvalue weighted by Crippen LogP contribution is 2.31. The van der Waals surface area contributed by atoms with Gasteiger partial charge in [-0.15, -0.1) is 0 Å². The molecule has 0 radical (unpaired) electrons. The van der Waals surface area contributed by atoms with Gasteiger partial charge in [-0.3, -0.25) is 25.1 Å². The van der Waals surface area contributed by atoms with Crippen LogP contribution in [0, 0.1) is 27.2 Å². The summed E-state index contributed by atoms with van der Waals surface area (Å²) in [5, 5.41) is 21.7. The van der Waals surface area contributed by atoms with Gasteiger partial charge in [0.15, 0.2) is 0 Å². The summed E-state index contributed by atoms with van der Waals surface area (Å²) >= 11 is 0. The Morgan fingerprint density at radius 2 is 1.35 bits per heavy atom. The zero-order valence-corrected chi connectivity index (χ0v) is 13.5. The van der Waals surface area contributed by atoms with Crippen LogP contribution in [0.4, 0.5) is 28.8 Å². The molecule has 0 amide bonds. The Morgan fingerprint density at radius 3 is 1.73 bits per heavy atom. The quantitative estimate of drug-likeness (QED) is 0.504. The number of aryl methyl sites for hydroxylation is 1. The average Bonchev–Trinajstić information content (AvgIpc) is 2.63. The van der Waals surface area contributed by atoms with E-state index >= 15 is 0 Å². The van der Waals surface area contributed by atoms with E-state index in [1.807, 2.05) is 13.0 Å². The summed E-state index contributed by atoms with van der Waals surface area (Å²) in [6.07, 6.45) is 2.26. The van der Waals surface area contributed by atoms with Gasteiger partial charge in [0, 0.05) is 17.8 Å². The van der Waals surface area contributed by atoms with Crippen LogP contribution in [0.1, 0.15) is 5.69 Å². The van der Waals surface area contributed by atoms with E-state index in [1.54, 1.807) is 17.0 Å². The first kappa shape index (κ1) is 16.9. The number of rotatable bonds is 5. The van der Waals surface area contributed by atoms with Crippen molar-refractivity contribution in [1.82, 2.24) is 15.0 Å². The van der Waals surface area contributed by atoms with Crippen molar-refractivity contribution < 1.29 is 9.85 Å². The molecule has 10 nitrogen and oxygen atoms in total. The SMILES string of the molecule is Cc1cccc(N(c2ccc([N+](=O)[O-])cn2)c2ccc([N+](=O)[O-])cn2)n1. The molecule has 0 aromatic carbocycles. The minimum Gasteiger partial charge on any atom is -0.262 e. The van der Waals surface area contributed by atoms with E-state index in [0.29, 0.717) is 17.5 Å². The van der Waals surface area contributed by atoms with E-state index in [-0.39, 0.29) is 11.4 Å². The van der Waals surface area contributed by atoms with Crippen molar-refractivity contribution >= 4 is 28.8 Å². The Bertz CT molecular complexity index is 902. The van der Waals surface area contributed by atoms with Gasteiger partial charge in [0.25, 0.3) is 11.4 Å². The monoisotopic (exact) mass is 352 g/mol. The van der Waals surface area contributed by atoms with Crippen LogP contribution in [-0.4, -0.2) is 24.8 Å². The summed E-state index contributed by atoms with van der Waals surface area (Å²) in [4.78, 5) is 34.8. The van der Waals surface area contributed by atoms with Crippen molar-refractivity contribution in [1.29, 1.82) is 0 Å². The molecule has 3 aromatic rings. The van der Waals surface area contributed by atoms with Crippen LogP contribution < -0.4 is 4.90 Å². The third-order valence-corrected chi connectivity index (χ3v) is 3.45. The molecular formula is C16H12N6O4. The Morgan fingerprint density at radius 1 is 0.808 bits per heavy atom. The first-order valence-electron chi connectivity index (χ1n) is 7.40. The first-order valence-corrected chi connectivity index (χ1v) is 7.40. The number of pyridine rings is 3. The van der Waals surface area contributed by atoms with Crippen molar-refractivity contribution in [3.63, 3.8) is 0 Å². The van der Waals surface area contributed by atoms with E-state index < -0.39 is 9.85 Å². The van der Waals surface area contributed by atoms with Crippen LogP contribution in [0.3, 0.4) is 0 Å². The molecule has 0 fully saturated rings. The standard InChI is InChI=1S/C16H12N6O4/c1-11-3-2-4-16(19-11)20(14-7-5-12(9-17-14)21(23)24)15-8-6-13(10-18-15)22(25)26/h2-10H,1H3. The highest BCUT2D eigenvalue weighted by molar-refractivity contribution is 5.70. The molecule has 10 heteroatoms. The maximum absolute atomic E-state index is 10.8. The second-order valence-electron chi connectivity index (χ2n) is 5.24. The van der Waals surface area contributed by atoms with Crippen LogP contribution in [0.25, 0.3) is 0 Å². The van der Waals surface area contributed by atoms with Crippen molar-refractivity contribution in [3.05, 3.63) is 80.8 Å². The Labute approximate surface area is 147 Å². The van der Waals surface area contributed by atoms with E-state index in [1.165, 1.54) is 24.3 Å². The zero-order chi connectivity index (χ0) is 18.7. The number of nitro groups is 2. The lowest BCUT2D eigenvalue weighted by molar-refractivity contribution is -0.385. The smallest absolute Gasteiger partial charge is 0.262 e. The van der Waals surface area contributed by atoms with Gasteiger partial charge in [0.1, 0.15) is 29.8 Å². The summed E-state index contributed by atoms with van der Waals surface area (Å²) in [6.45, 7) is 1.81. The molecule has 0 atom stereocenters. The highest BCUT2D eigenvalue weighted by atomic mass is 16.6. The molecule has 0 spiro atoms. The summed E-state index contributed by atoms with van der Waals surface area (Å²) < 4.78 is 0. The molecular weight excluding hydrogens is 340 g/mol. The molecule has 0 N–H and O–H groups in total. The van der Waals surface area contributed by atoms with Crippen molar-refractivity contribution in [2.75, 3.05) is 4.90 Å². The average molecular weight is 352 g/mol. The third-order valence-electron chi connectivity index (χ3n) is 3.45. The molecule has 0 saturated carbocycles. The molecule has 0 aliphatic carbocycles. The summed E-state index contributed by atoms with van der Waals surface area (Å²) in [5.74, 6) is 1.16. The lowest BCUT2D eigenvalue weighted by Crippen LogP contribution is -2.14. The Hall–Kier alpha value is -3.95. The van der Waals surface area contributed by atoms with Gasteiger partial charge in [-0.05, 0) is 31.2 Å². The van der Waals surface area contributed by atoms with Gasteiger partial charge >= 0.3 is 0 Å². The Balaban J connectivity index is 2.10. The maximum atomic E-state index is 10.8. The van der Waals surface area contributed by atoms with Gasteiger partial charge < -0.3 is 0 Å². The van der Waals surface area contributed by atoms with Crippen LogP contribution in [0.2, 0.25) is 0 Å². The van der Waals surface area contributed by atoms with Gasteiger partial charge in [-0.1, -0.05) is 6.07 Å². The summed E-state index contributed by atoms with van der Waals surface area (Å²) in [7, 11) is 0. The van der Waals surface area contributed by atoms with Gasteiger partial charge in [0.05, 0.1) is 9.85 Å². The molecule has 0 bridgehead atoms. The molecule has 0 aliphatic heterocycles. The maximum Gasteiger partial charge on any atom is 0.287 e. The fourth-order valence-electron chi connectivity index (χ4n) is 2.24. The number of hydrogen-bond donors (Lipinski definition) is 0. The van der Waals surface area contributed by atoms with E-state index in [4.69, 9.17) is 0 Å². The van der Waals surface area contributed by atoms with E-state index in [9.17, 15) is 20.2 Å². The number of nitrogens with zero attached hydrogens (tertiary/aromatic N) is 6. The predicted molar refractivity (Wildman–Crippen MR) is 92.6 cm³/mol. The minimum atomic E-state index is -0.545.